The van der Waals surface area contributed by atoms with Crippen LogP contribution in [0, 0.1) is 0 Å². The minimum atomic E-state index is -4.48. The van der Waals surface area contributed by atoms with Gasteiger partial charge in [-0.15, -0.1) is 0 Å². The van der Waals surface area contributed by atoms with Crippen molar-refractivity contribution in [1.82, 2.24) is 0 Å². The summed E-state index contributed by atoms with van der Waals surface area (Å²) in [5.74, 6) is -1.47. The fourth-order valence-corrected chi connectivity index (χ4v) is 3.64. The molecule has 0 spiro atoms. The Morgan fingerprint density at radius 3 is 1.36 bits per heavy atom. The maximum absolute atomic E-state index is 10.9. The van der Waals surface area contributed by atoms with E-state index in [9.17, 15) is 13.2 Å². The summed E-state index contributed by atoms with van der Waals surface area (Å²) in [5, 5.41) is 7.10. The third kappa shape index (κ3) is 17.5. The van der Waals surface area contributed by atoms with Crippen LogP contribution >= 0.6 is 0 Å². The zero-order valence-corrected chi connectivity index (χ0v) is 16.0. The summed E-state index contributed by atoms with van der Waals surface area (Å²) in [6.45, 7) is 2.24. The number of hydrogen-bond donors (Lipinski definition) is 2. The number of rotatable bonds is 17. The van der Waals surface area contributed by atoms with Gasteiger partial charge < -0.3 is 5.11 Å². The van der Waals surface area contributed by atoms with E-state index in [4.69, 9.17) is 9.66 Å². The van der Waals surface area contributed by atoms with Gasteiger partial charge in [-0.1, -0.05) is 96.8 Å². The maximum atomic E-state index is 10.9. The van der Waals surface area contributed by atoms with Crippen molar-refractivity contribution in [1.29, 1.82) is 0 Å². The Labute approximate surface area is 176 Å². The molecule has 0 aliphatic heterocycles. The molecule has 1 unspecified atom stereocenters. The van der Waals surface area contributed by atoms with Crippen LogP contribution in [0.2, 0.25) is 0 Å². The van der Waals surface area contributed by atoms with Crippen LogP contribution in [-0.2, 0) is 14.9 Å². The number of carbonyl (C=O) groups is 1. The Kier molecular flexibility index (Phi) is 19.6. The molecule has 2 N–H and O–H groups in total. The summed E-state index contributed by atoms with van der Waals surface area (Å²) >= 11 is 0. The van der Waals surface area contributed by atoms with E-state index in [1.807, 2.05) is 0 Å². The van der Waals surface area contributed by atoms with Crippen LogP contribution in [0.1, 0.15) is 103 Å². The molecule has 0 bridgehead atoms. The molecule has 5 nitrogen and oxygen atoms in total. The van der Waals surface area contributed by atoms with Crippen molar-refractivity contribution in [3.05, 3.63) is 0 Å². The number of carboxylic acids is 1. The first-order valence-corrected chi connectivity index (χ1v) is 11.1. The summed E-state index contributed by atoms with van der Waals surface area (Å²) in [6, 6.07) is 0. The van der Waals surface area contributed by atoms with Crippen molar-refractivity contribution in [2.45, 2.75) is 108 Å². The Morgan fingerprint density at radius 1 is 0.760 bits per heavy atom. The van der Waals surface area contributed by atoms with Gasteiger partial charge in [-0.05, 0) is 6.42 Å². The first-order chi connectivity index (χ1) is 11.4. The standard InChI is InChI=1S/C18H36O5S.Na.H/c1-2-3-4-5-6-7-8-9-10-11-12-13-14-15-16-17(18(19)20)24(21,22)23;;/h17H,2-16H2,1H3,(H,19,20)(H,21,22,23);;. The van der Waals surface area contributed by atoms with E-state index in [0.717, 1.165) is 19.3 Å². The molecule has 0 amide bonds. The average molecular weight is 389 g/mol. The van der Waals surface area contributed by atoms with E-state index >= 15 is 0 Å². The SMILES string of the molecule is CCCCCCCCCCCCCCCCC(C(=O)O)S(=O)(=O)O.[NaH]. The topological polar surface area (TPSA) is 91.7 Å². The Hall–Kier alpha value is 0.380. The summed E-state index contributed by atoms with van der Waals surface area (Å²) < 4.78 is 30.7. The van der Waals surface area contributed by atoms with Crippen LogP contribution in [0.25, 0.3) is 0 Å². The molecule has 0 heterocycles. The molecule has 0 rings (SSSR count). The zero-order chi connectivity index (χ0) is 18.3. The molecule has 0 saturated heterocycles. The van der Waals surface area contributed by atoms with E-state index < -0.39 is 21.3 Å². The molecule has 0 aromatic carbocycles. The molecule has 0 aliphatic carbocycles. The van der Waals surface area contributed by atoms with Gasteiger partial charge in [0.15, 0.2) is 5.25 Å². The van der Waals surface area contributed by atoms with Crippen molar-refractivity contribution in [3.8, 4) is 0 Å². The number of unbranched alkanes of at least 4 members (excludes halogenated alkanes) is 13. The van der Waals surface area contributed by atoms with E-state index in [1.54, 1.807) is 0 Å². The second kappa shape index (κ2) is 17.8. The Balaban J connectivity index is 0. The van der Waals surface area contributed by atoms with Gasteiger partial charge >= 0.3 is 35.5 Å². The predicted molar refractivity (Wildman–Crippen MR) is 105 cm³/mol. The van der Waals surface area contributed by atoms with Crippen molar-refractivity contribution < 1.29 is 22.9 Å². The molecular weight excluding hydrogens is 351 g/mol. The van der Waals surface area contributed by atoms with Crippen LogP contribution < -0.4 is 0 Å². The fourth-order valence-electron chi connectivity index (χ4n) is 2.92. The van der Waals surface area contributed by atoms with Crippen LogP contribution in [0.4, 0.5) is 0 Å². The zero-order valence-electron chi connectivity index (χ0n) is 15.2. The van der Waals surface area contributed by atoms with E-state index in [2.05, 4.69) is 6.92 Å². The van der Waals surface area contributed by atoms with Gasteiger partial charge in [-0.2, -0.15) is 8.42 Å². The van der Waals surface area contributed by atoms with Crippen LogP contribution in [0.5, 0.6) is 0 Å². The van der Waals surface area contributed by atoms with Gasteiger partial charge in [0.2, 0.25) is 0 Å². The second-order valence-electron chi connectivity index (χ2n) is 6.73. The van der Waals surface area contributed by atoms with Gasteiger partial charge in [0.25, 0.3) is 10.1 Å². The van der Waals surface area contributed by atoms with Crippen molar-refractivity contribution in [2.75, 3.05) is 0 Å². The predicted octanol–water partition coefficient (Wildman–Crippen LogP) is 4.55. The second-order valence-corrected chi connectivity index (χ2v) is 8.33. The normalized spacial score (nSPS) is 12.6. The quantitative estimate of drug-likeness (QED) is 0.217. The molecule has 7 heteroatoms. The number of hydrogen-bond acceptors (Lipinski definition) is 3. The molecule has 25 heavy (non-hydrogen) atoms. The third-order valence-electron chi connectivity index (χ3n) is 4.45. The molecule has 0 aromatic rings. The summed E-state index contributed by atoms with van der Waals surface area (Å²) in [7, 11) is -4.48. The molecule has 0 saturated carbocycles. The summed E-state index contributed by atoms with van der Waals surface area (Å²) in [4.78, 5) is 10.8. The van der Waals surface area contributed by atoms with Gasteiger partial charge in [0, 0.05) is 0 Å². The van der Waals surface area contributed by atoms with Crippen molar-refractivity contribution in [2.24, 2.45) is 0 Å². The molecule has 0 aliphatic rings. The van der Waals surface area contributed by atoms with Gasteiger partial charge in [0.1, 0.15) is 0 Å². The molecule has 0 fully saturated rings. The van der Waals surface area contributed by atoms with Crippen molar-refractivity contribution >= 4 is 45.6 Å². The molecule has 1 atom stereocenters. The Bertz CT molecular complexity index is 412. The van der Waals surface area contributed by atoms with Gasteiger partial charge in [-0.25, -0.2) is 0 Å². The van der Waals surface area contributed by atoms with Crippen molar-refractivity contribution in [3.63, 3.8) is 0 Å². The summed E-state index contributed by atoms with van der Waals surface area (Å²) in [5.41, 5.74) is 0. The minimum absolute atomic E-state index is 0. The number of aliphatic carboxylic acids is 1. The third-order valence-corrected chi connectivity index (χ3v) is 5.61. The molecule has 0 aromatic heterocycles. The fraction of sp³-hybridized carbons (Fsp3) is 0.944. The van der Waals surface area contributed by atoms with E-state index in [0.29, 0.717) is 6.42 Å². The van der Waals surface area contributed by atoms with Crippen LogP contribution in [-0.4, -0.2) is 58.9 Å². The van der Waals surface area contributed by atoms with Gasteiger partial charge in [0.05, 0.1) is 0 Å². The molecular formula is C18H37NaO5S. The van der Waals surface area contributed by atoms with E-state index in [-0.39, 0.29) is 36.0 Å². The van der Waals surface area contributed by atoms with Crippen LogP contribution in [0.3, 0.4) is 0 Å². The van der Waals surface area contributed by atoms with E-state index in [1.165, 1.54) is 64.2 Å². The number of carboxylic acid groups (broad SMARTS) is 1. The van der Waals surface area contributed by atoms with Gasteiger partial charge in [-0.3, -0.25) is 9.35 Å². The Morgan fingerprint density at radius 2 is 1.08 bits per heavy atom. The first kappa shape index (κ1) is 27.6. The summed E-state index contributed by atoms with van der Waals surface area (Å²) in [6.07, 6.45) is 16.6. The molecule has 146 valence electrons. The first-order valence-electron chi connectivity index (χ1n) is 9.58. The average Bonchev–Trinajstić information content (AvgIpc) is 2.49. The molecule has 0 radical (unpaired) electrons. The van der Waals surface area contributed by atoms with Crippen LogP contribution in [0.15, 0.2) is 0 Å². The monoisotopic (exact) mass is 388 g/mol.